The topological polar surface area (TPSA) is 41.3 Å². The van der Waals surface area contributed by atoms with Crippen LogP contribution >= 0.6 is 11.3 Å². The summed E-state index contributed by atoms with van der Waals surface area (Å²) in [6.45, 7) is 0.816. The highest BCUT2D eigenvalue weighted by Gasteiger charge is 1.98. The van der Waals surface area contributed by atoms with Crippen molar-refractivity contribution < 1.29 is 0 Å². The van der Waals surface area contributed by atoms with Gasteiger partial charge in [-0.25, -0.2) is 0 Å². The van der Waals surface area contributed by atoms with Crippen LogP contribution in [0.25, 0.3) is 0 Å². The third-order valence-electron chi connectivity index (χ3n) is 1.34. The monoisotopic (exact) mass is 171 g/mol. The first-order valence-corrected chi connectivity index (χ1v) is 4.31. The summed E-state index contributed by atoms with van der Waals surface area (Å²) < 4.78 is 0. The zero-order valence-corrected chi connectivity index (χ0v) is 7.61. The molecule has 0 spiro atoms. The highest BCUT2D eigenvalue weighted by molar-refractivity contribution is 7.10. The van der Waals surface area contributed by atoms with Crippen molar-refractivity contribution in [2.45, 2.75) is 6.54 Å². The number of thiophene rings is 1. The van der Waals surface area contributed by atoms with E-state index < -0.39 is 0 Å². The molecule has 0 unspecified atom stereocenters. The van der Waals surface area contributed by atoms with Crippen LogP contribution < -0.4 is 11.2 Å². The van der Waals surface area contributed by atoms with Gasteiger partial charge in [-0.05, 0) is 11.4 Å². The van der Waals surface area contributed by atoms with Gasteiger partial charge in [-0.3, -0.25) is 10.4 Å². The lowest BCUT2D eigenvalue weighted by Gasteiger charge is -2.10. The summed E-state index contributed by atoms with van der Waals surface area (Å²) in [5.41, 5.74) is 9.71. The van der Waals surface area contributed by atoms with E-state index in [2.05, 4.69) is 5.43 Å². The second kappa shape index (κ2) is 3.71. The van der Waals surface area contributed by atoms with Crippen LogP contribution in [0.1, 0.15) is 4.88 Å². The Hall–Kier alpha value is -0.580. The minimum absolute atomic E-state index is 0.816. The number of hydrazine groups is 1. The molecule has 11 heavy (non-hydrogen) atoms. The zero-order valence-electron chi connectivity index (χ0n) is 6.79. The SMILES string of the molecule is CN(C)NCc1sccc1N. The second-order valence-corrected chi connectivity index (χ2v) is 3.53. The van der Waals surface area contributed by atoms with E-state index in [1.807, 2.05) is 30.6 Å². The maximum atomic E-state index is 5.68. The van der Waals surface area contributed by atoms with E-state index in [1.165, 1.54) is 4.88 Å². The molecular weight excluding hydrogens is 158 g/mol. The molecule has 1 heterocycles. The number of anilines is 1. The number of nitrogens with two attached hydrogens (primary N) is 1. The number of nitrogen functional groups attached to an aromatic ring is 1. The Morgan fingerprint density at radius 1 is 1.64 bits per heavy atom. The van der Waals surface area contributed by atoms with E-state index in [0.29, 0.717) is 0 Å². The molecule has 1 aromatic heterocycles. The maximum Gasteiger partial charge on any atom is 0.0469 e. The number of nitrogens with one attached hydrogen (secondary N) is 1. The van der Waals surface area contributed by atoms with Crippen LogP contribution in [0.5, 0.6) is 0 Å². The largest absolute Gasteiger partial charge is 0.398 e. The van der Waals surface area contributed by atoms with Crippen molar-refractivity contribution in [1.29, 1.82) is 0 Å². The van der Waals surface area contributed by atoms with Gasteiger partial charge in [0.1, 0.15) is 0 Å². The van der Waals surface area contributed by atoms with Gasteiger partial charge >= 0.3 is 0 Å². The standard InChI is InChI=1S/C7H13N3S/c1-10(2)9-5-7-6(8)3-4-11-7/h3-4,9H,5,8H2,1-2H3. The first kappa shape index (κ1) is 8.52. The molecule has 0 aliphatic carbocycles. The summed E-state index contributed by atoms with van der Waals surface area (Å²) in [5, 5.41) is 3.92. The maximum absolute atomic E-state index is 5.68. The fourth-order valence-corrected chi connectivity index (χ4v) is 1.46. The number of hydrogen-bond donors (Lipinski definition) is 2. The molecule has 0 atom stereocenters. The number of rotatable bonds is 3. The first-order chi connectivity index (χ1) is 5.20. The van der Waals surface area contributed by atoms with Crippen LogP contribution in [0.2, 0.25) is 0 Å². The third-order valence-corrected chi connectivity index (χ3v) is 2.27. The Labute approximate surface area is 70.8 Å². The Morgan fingerprint density at radius 3 is 2.82 bits per heavy atom. The van der Waals surface area contributed by atoms with Gasteiger partial charge < -0.3 is 5.73 Å². The zero-order chi connectivity index (χ0) is 8.27. The van der Waals surface area contributed by atoms with Crippen LogP contribution in [0.4, 0.5) is 5.69 Å². The summed E-state index contributed by atoms with van der Waals surface area (Å²) in [6, 6.07) is 1.93. The molecule has 3 N–H and O–H groups in total. The summed E-state index contributed by atoms with van der Waals surface area (Å²) in [5.74, 6) is 0. The van der Waals surface area contributed by atoms with E-state index in [9.17, 15) is 0 Å². The van der Waals surface area contributed by atoms with E-state index in [0.717, 1.165) is 12.2 Å². The normalized spacial score (nSPS) is 10.8. The summed E-state index contributed by atoms with van der Waals surface area (Å²) >= 11 is 1.68. The van der Waals surface area contributed by atoms with Gasteiger partial charge in [-0.2, -0.15) is 0 Å². The molecule has 3 nitrogen and oxygen atoms in total. The fourth-order valence-electron chi connectivity index (χ4n) is 0.724. The Balaban J connectivity index is 2.44. The molecule has 62 valence electrons. The van der Waals surface area contributed by atoms with Crippen LogP contribution in [-0.4, -0.2) is 19.1 Å². The van der Waals surface area contributed by atoms with Crippen molar-refractivity contribution >= 4 is 17.0 Å². The van der Waals surface area contributed by atoms with Crippen molar-refractivity contribution in [3.05, 3.63) is 16.3 Å². The Bertz CT molecular complexity index is 219. The Kier molecular flexibility index (Phi) is 2.87. The third kappa shape index (κ3) is 2.49. The molecule has 0 saturated carbocycles. The molecule has 0 fully saturated rings. The van der Waals surface area contributed by atoms with Crippen LogP contribution in [0, 0.1) is 0 Å². The van der Waals surface area contributed by atoms with Crippen molar-refractivity contribution in [3.63, 3.8) is 0 Å². The smallest absolute Gasteiger partial charge is 0.0469 e. The lowest BCUT2D eigenvalue weighted by molar-refractivity contribution is 0.287. The Morgan fingerprint density at radius 2 is 2.36 bits per heavy atom. The minimum atomic E-state index is 0.816. The van der Waals surface area contributed by atoms with Crippen LogP contribution in [0.15, 0.2) is 11.4 Å². The molecule has 0 amide bonds. The van der Waals surface area contributed by atoms with Gasteiger partial charge in [-0.15, -0.1) is 11.3 Å². The molecule has 0 saturated heterocycles. The van der Waals surface area contributed by atoms with Crippen molar-refractivity contribution in [2.24, 2.45) is 0 Å². The molecule has 0 aliphatic heterocycles. The van der Waals surface area contributed by atoms with Gasteiger partial charge in [-0.1, -0.05) is 0 Å². The average molecular weight is 171 g/mol. The second-order valence-electron chi connectivity index (χ2n) is 2.53. The summed E-state index contributed by atoms with van der Waals surface area (Å²) in [7, 11) is 3.92. The van der Waals surface area contributed by atoms with E-state index in [-0.39, 0.29) is 0 Å². The number of nitrogens with zero attached hydrogens (tertiary/aromatic N) is 1. The average Bonchev–Trinajstić information content (AvgIpc) is 2.31. The molecule has 1 aromatic rings. The first-order valence-electron chi connectivity index (χ1n) is 3.43. The lowest BCUT2D eigenvalue weighted by Crippen LogP contribution is -2.29. The summed E-state index contributed by atoms with van der Waals surface area (Å²) in [6.07, 6.45) is 0. The van der Waals surface area contributed by atoms with Gasteiger partial charge in [0.15, 0.2) is 0 Å². The minimum Gasteiger partial charge on any atom is -0.398 e. The predicted molar refractivity (Wildman–Crippen MR) is 49.3 cm³/mol. The lowest BCUT2D eigenvalue weighted by atomic mass is 10.4. The summed E-state index contributed by atoms with van der Waals surface area (Å²) in [4.78, 5) is 1.19. The molecule has 0 aliphatic rings. The molecular formula is C7H13N3S. The van der Waals surface area contributed by atoms with Crippen LogP contribution in [-0.2, 0) is 6.54 Å². The quantitative estimate of drug-likeness (QED) is 0.664. The molecule has 0 radical (unpaired) electrons. The van der Waals surface area contributed by atoms with Gasteiger partial charge in [0.25, 0.3) is 0 Å². The van der Waals surface area contributed by atoms with Crippen molar-refractivity contribution in [3.8, 4) is 0 Å². The van der Waals surface area contributed by atoms with E-state index in [1.54, 1.807) is 11.3 Å². The highest BCUT2D eigenvalue weighted by Crippen LogP contribution is 2.17. The molecule has 0 bridgehead atoms. The predicted octanol–water partition coefficient (Wildman–Crippen LogP) is 0.896. The highest BCUT2D eigenvalue weighted by atomic mass is 32.1. The van der Waals surface area contributed by atoms with Crippen molar-refractivity contribution in [1.82, 2.24) is 10.4 Å². The van der Waals surface area contributed by atoms with Crippen LogP contribution in [0.3, 0.4) is 0 Å². The molecule has 4 heteroatoms. The molecule has 1 rings (SSSR count). The number of hydrogen-bond acceptors (Lipinski definition) is 4. The molecule has 0 aromatic carbocycles. The van der Waals surface area contributed by atoms with E-state index >= 15 is 0 Å². The van der Waals surface area contributed by atoms with Gasteiger partial charge in [0.05, 0.1) is 0 Å². The fraction of sp³-hybridized carbons (Fsp3) is 0.429. The van der Waals surface area contributed by atoms with Gasteiger partial charge in [0, 0.05) is 31.2 Å². The van der Waals surface area contributed by atoms with Crippen molar-refractivity contribution in [2.75, 3.05) is 19.8 Å². The van der Waals surface area contributed by atoms with Gasteiger partial charge in [0.2, 0.25) is 0 Å². The van der Waals surface area contributed by atoms with E-state index in [4.69, 9.17) is 5.73 Å².